The Morgan fingerprint density at radius 1 is 1.07 bits per heavy atom. The summed E-state index contributed by atoms with van der Waals surface area (Å²) in [7, 11) is 0. The van der Waals surface area contributed by atoms with E-state index in [4.69, 9.17) is 17.3 Å². The van der Waals surface area contributed by atoms with E-state index < -0.39 is 0 Å². The van der Waals surface area contributed by atoms with Gasteiger partial charge in [-0.3, -0.25) is 14.8 Å². The van der Waals surface area contributed by atoms with Gasteiger partial charge in [0, 0.05) is 30.0 Å². The monoisotopic (exact) mass is 417 g/mol. The first-order valence-corrected chi connectivity index (χ1v) is 9.85. The van der Waals surface area contributed by atoms with E-state index in [1.807, 2.05) is 43.3 Å². The predicted molar refractivity (Wildman–Crippen MR) is 118 cm³/mol. The predicted octanol–water partition coefficient (Wildman–Crippen LogP) is 4.09. The van der Waals surface area contributed by atoms with Crippen molar-refractivity contribution in [3.05, 3.63) is 94.0 Å². The summed E-state index contributed by atoms with van der Waals surface area (Å²) in [6.45, 7) is 2.23. The van der Waals surface area contributed by atoms with Crippen molar-refractivity contribution < 1.29 is 4.79 Å². The maximum absolute atomic E-state index is 12.6. The minimum Gasteiger partial charge on any atom is -0.384 e. The summed E-state index contributed by atoms with van der Waals surface area (Å²) in [6, 6.07) is 15.3. The average Bonchev–Trinajstić information content (AvgIpc) is 2.73. The highest BCUT2D eigenvalue weighted by molar-refractivity contribution is 6.31. The van der Waals surface area contributed by atoms with Crippen LogP contribution >= 0.6 is 11.6 Å². The number of rotatable bonds is 5. The summed E-state index contributed by atoms with van der Waals surface area (Å²) in [4.78, 5) is 25.3. The number of fused-ring (bicyclic) bond motifs is 1. The third kappa shape index (κ3) is 4.55. The van der Waals surface area contributed by atoms with E-state index in [-0.39, 0.29) is 5.91 Å². The Kier molecular flexibility index (Phi) is 5.59. The minimum absolute atomic E-state index is 0.234. The molecule has 150 valence electrons. The van der Waals surface area contributed by atoms with Gasteiger partial charge in [0.15, 0.2) is 0 Å². The molecule has 0 spiro atoms. The van der Waals surface area contributed by atoms with Crippen molar-refractivity contribution in [2.45, 2.75) is 19.9 Å². The Labute approximate surface area is 179 Å². The fraction of sp³-hybridized carbons (Fsp3) is 0.130. The number of carbonyl (C=O) groups is 1. The minimum atomic E-state index is -0.234. The van der Waals surface area contributed by atoms with Crippen LogP contribution in [-0.4, -0.2) is 20.9 Å². The second-order valence-corrected chi connectivity index (χ2v) is 7.51. The Morgan fingerprint density at radius 3 is 2.73 bits per heavy atom. The van der Waals surface area contributed by atoms with Gasteiger partial charge in [-0.05, 0) is 66.4 Å². The molecule has 0 aliphatic heterocycles. The molecule has 3 heterocycles. The van der Waals surface area contributed by atoms with Crippen molar-refractivity contribution >= 4 is 34.2 Å². The van der Waals surface area contributed by atoms with E-state index in [1.54, 1.807) is 18.5 Å². The molecule has 1 amide bonds. The van der Waals surface area contributed by atoms with Gasteiger partial charge in [-0.1, -0.05) is 23.7 Å². The van der Waals surface area contributed by atoms with Gasteiger partial charge in [-0.2, -0.15) is 0 Å². The largest absolute Gasteiger partial charge is 0.384 e. The van der Waals surface area contributed by atoms with E-state index in [2.05, 4.69) is 26.3 Å². The van der Waals surface area contributed by atoms with Crippen molar-refractivity contribution in [1.29, 1.82) is 0 Å². The van der Waals surface area contributed by atoms with E-state index >= 15 is 0 Å². The van der Waals surface area contributed by atoms with Crippen LogP contribution in [-0.2, 0) is 13.0 Å². The van der Waals surface area contributed by atoms with Crippen LogP contribution in [0.4, 0.5) is 5.82 Å². The molecule has 3 aromatic heterocycles. The molecule has 6 nitrogen and oxygen atoms in total. The van der Waals surface area contributed by atoms with Gasteiger partial charge < -0.3 is 11.1 Å². The molecule has 7 heteroatoms. The molecule has 30 heavy (non-hydrogen) atoms. The lowest BCUT2D eigenvalue weighted by Gasteiger charge is -2.09. The number of nitrogens with one attached hydrogen (secondary N) is 1. The number of nitrogen functional groups attached to an aromatic ring is 1. The Morgan fingerprint density at radius 2 is 1.90 bits per heavy atom. The highest BCUT2D eigenvalue weighted by Gasteiger charge is 2.10. The lowest BCUT2D eigenvalue weighted by molar-refractivity contribution is 0.0945. The number of nitrogens with zero attached hydrogens (tertiary/aromatic N) is 3. The van der Waals surface area contributed by atoms with Crippen molar-refractivity contribution in [2.24, 2.45) is 0 Å². The van der Waals surface area contributed by atoms with Crippen LogP contribution < -0.4 is 11.1 Å². The first-order valence-electron chi connectivity index (χ1n) is 9.47. The van der Waals surface area contributed by atoms with Crippen molar-refractivity contribution in [2.75, 3.05) is 5.73 Å². The van der Waals surface area contributed by atoms with Crippen LogP contribution in [0, 0.1) is 6.92 Å². The topological polar surface area (TPSA) is 93.8 Å². The van der Waals surface area contributed by atoms with Crippen LogP contribution in [0.3, 0.4) is 0 Å². The number of hydrogen-bond donors (Lipinski definition) is 2. The Balaban J connectivity index is 1.47. The average molecular weight is 418 g/mol. The molecule has 4 aromatic rings. The zero-order valence-corrected chi connectivity index (χ0v) is 17.1. The van der Waals surface area contributed by atoms with Crippen molar-refractivity contribution in [3.63, 3.8) is 0 Å². The highest BCUT2D eigenvalue weighted by atomic mass is 35.5. The number of pyridine rings is 3. The van der Waals surface area contributed by atoms with Crippen molar-refractivity contribution in [1.82, 2.24) is 20.3 Å². The van der Waals surface area contributed by atoms with Gasteiger partial charge in [0.05, 0.1) is 10.5 Å². The lowest BCUT2D eigenvalue weighted by Crippen LogP contribution is -2.24. The first-order chi connectivity index (χ1) is 14.5. The molecule has 0 atom stereocenters. The van der Waals surface area contributed by atoms with E-state index in [1.165, 1.54) is 0 Å². The van der Waals surface area contributed by atoms with Crippen molar-refractivity contribution in [3.8, 4) is 0 Å². The fourth-order valence-corrected chi connectivity index (χ4v) is 3.44. The van der Waals surface area contributed by atoms with E-state index in [0.717, 1.165) is 33.3 Å². The maximum Gasteiger partial charge on any atom is 0.270 e. The quantitative estimate of drug-likeness (QED) is 0.510. The zero-order chi connectivity index (χ0) is 21.1. The second-order valence-electron chi connectivity index (χ2n) is 7.07. The Bertz CT molecular complexity index is 1240. The molecular formula is C23H20ClN5O. The number of nitrogens with two attached hydrogens (primary N) is 1. The number of carbonyl (C=O) groups excluding carboxylic acids is 1. The van der Waals surface area contributed by atoms with E-state index in [0.29, 0.717) is 29.5 Å². The third-order valence-electron chi connectivity index (χ3n) is 4.83. The molecule has 0 radical (unpaired) electrons. The molecule has 0 saturated carbocycles. The first kappa shape index (κ1) is 19.8. The Hall–Kier alpha value is -3.51. The number of anilines is 1. The van der Waals surface area contributed by atoms with Gasteiger partial charge in [0.25, 0.3) is 5.91 Å². The number of hydrogen-bond acceptors (Lipinski definition) is 5. The molecule has 4 rings (SSSR count). The summed E-state index contributed by atoms with van der Waals surface area (Å²) >= 11 is 6.05. The van der Waals surface area contributed by atoms with E-state index in [9.17, 15) is 4.79 Å². The zero-order valence-electron chi connectivity index (χ0n) is 16.4. The van der Waals surface area contributed by atoms with Crippen LogP contribution in [0.5, 0.6) is 0 Å². The van der Waals surface area contributed by atoms with Crippen LogP contribution in [0.15, 0.2) is 60.9 Å². The smallest absolute Gasteiger partial charge is 0.270 e. The van der Waals surface area contributed by atoms with Gasteiger partial charge >= 0.3 is 0 Å². The van der Waals surface area contributed by atoms with Gasteiger partial charge in [0.1, 0.15) is 11.5 Å². The van der Waals surface area contributed by atoms with Crippen LogP contribution in [0.25, 0.3) is 10.9 Å². The lowest BCUT2D eigenvalue weighted by atomic mass is 10.0. The standard InChI is InChI=1S/C23H20ClN5O/c1-14-17(3-5-22(25)29-14)12-28-23(30)21-10-16(6-7-26-21)8-15-2-4-20-18(9-15)11-19(24)13-27-20/h2-7,9-11,13H,8,12H2,1H3,(H2,25,29)(H,28,30). The fourth-order valence-electron chi connectivity index (χ4n) is 3.27. The number of aromatic nitrogens is 3. The van der Waals surface area contributed by atoms with Gasteiger partial charge in [-0.25, -0.2) is 4.98 Å². The highest BCUT2D eigenvalue weighted by Crippen LogP contribution is 2.20. The summed E-state index contributed by atoms with van der Waals surface area (Å²) < 4.78 is 0. The molecule has 0 saturated heterocycles. The number of amides is 1. The molecule has 1 aromatic carbocycles. The third-order valence-corrected chi connectivity index (χ3v) is 5.04. The number of aryl methyl sites for hydroxylation is 1. The SMILES string of the molecule is Cc1nc(N)ccc1CNC(=O)c1cc(Cc2ccc3ncc(Cl)cc3c2)ccn1. The van der Waals surface area contributed by atoms with Crippen LogP contribution in [0.2, 0.25) is 5.02 Å². The molecule has 0 unspecified atom stereocenters. The number of halogens is 1. The summed E-state index contributed by atoms with van der Waals surface area (Å²) in [5, 5.41) is 4.48. The summed E-state index contributed by atoms with van der Waals surface area (Å²) in [6.07, 6.45) is 3.96. The molecule has 0 aliphatic rings. The number of benzene rings is 1. The normalized spacial score (nSPS) is 10.9. The maximum atomic E-state index is 12.6. The molecule has 0 fully saturated rings. The molecule has 0 aliphatic carbocycles. The van der Waals surface area contributed by atoms with Gasteiger partial charge in [0.2, 0.25) is 0 Å². The molecule has 3 N–H and O–H groups in total. The second kappa shape index (κ2) is 8.47. The van der Waals surface area contributed by atoms with Crippen LogP contribution in [0.1, 0.15) is 32.9 Å². The summed E-state index contributed by atoms with van der Waals surface area (Å²) in [5.74, 6) is 0.228. The molecular weight excluding hydrogens is 398 g/mol. The van der Waals surface area contributed by atoms with Gasteiger partial charge in [-0.15, -0.1) is 0 Å². The summed E-state index contributed by atoms with van der Waals surface area (Å²) in [5.41, 5.74) is 10.7. The molecule has 0 bridgehead atoms.